The van der Waals surface area contributed by atoms with Crippen molar-refractivity contribution in [2.45, 2.75) is 38.4 Å². The maximum atomic E-state index is 12.7. The maximum Gasteiger partial charge on any atom is 0.354 e. The number of aromatic nitrogens is 2. The molecule has 0 unspecified atom stereocenters. The highest BCUT2D eigenvalue weighted by Crippen LogP contribution is 2.18. The summed E-state index contributed by atoms with van der Waals surface area (Å²) in [5, 5.41) is 12.2. The smallest absolute Gasteiger partial charge is 0.354 e. The number of benzene rings is 1. The van der Waals surface area contributed by atoms with Gasteiger partial charge >= 0.3 is 11.7 Å². The number of urea groups is 1. The van der Waals surface area contributed by atoms with Crippen LogP contribution in [0.1, 0.15) is 25.8 Å². The zero-order chi connectivity index (χ0) is 27.4. The fraction of sp³-hybridized carbons (Fsp3) is 0.538. The van der Waals surface area contributed by atoms with Gasteiger partial charge in [0.25, 0.3) is 0 Å². The van der Waals surface area contributed by atoms with Crippen LogP contribution in [0.5, 0.6) is 0 Å². The Hall–Kier alpha value is -3.03. The van der Waals surface area contributed by atoms with Gasteiger partial charge in [0.15, 0.2) is 0 Å². The molecule has 1 aromatic heterocycles. The molecule has 1 aromatic carbocycles. The van der Waals surface area contributed by atoms with Gasteiger partial charge in [-0.05, 0) is 50.6 Å². The Bertz CT molecular complexity index is 1190. The van der Waals surface area contributed by atoms with Crippen molar-refractivity contribution in [1.29, 1.82) is 0 Å². The number of piperidine rings is 1. The highest BCUT2D eigenvalue weighted by molar-refractivity contribution is 5.89. The van der Waals surface area contributed by atoms with Gasteiger partial charge in [0.1, 0.15) is 5.82 Å². The van der Waals surface area contributed by atoms with E-state index >= 15 is 0 Å². The zero-order valence-corrected chi connectivity index (χ0v) is 23.3. The highest BCUT2D eigenvalue weighted by atomic mass is 35.5. The molecule has 3 heterocycles. The normalized spacial score (nSPS) is 20.3. The summed E-state index contributed by atoms with van der Waals surface area (Å²) in [6.07, 6.45) is 2.44. The largest absolute Gasteiger partial charge is 0.396 e. The van der Waals surface area contributed by atoms with E-state index in [1.807, 2.05) is 24.3 Å². The Morgan fingerprint density at radius 2 is 1.72 bits per heavy atom. The number of aliphatic hydroxyl groups is 1. The Morgan fingerprint density at radius 3 is 2.31 bits per heavy atom. The third kappa shape index (κ3) is 7.55. The lowest BCUT2D eigenvalue weighted by Gasteiger charge is -2.37. The van der Waals surface area contributed by atoms with Crippen LogP contribution in [0.2, 0.25) is 0 Å². The third-order valence-electron chi connectivity index (χ3n) is 7.18. The first-order valence-corrected chi connectivity index (χ1v) is 13.0. The Balaban J connectivity index is 0.00000420. The second-order valence-electron chi connectivity index (χ2n) is 10.7. The molecular formula is C26H39ClN8O4. The SMILES string of the molecule is CC(C)(N)C(=O)N1CCN(C(=O)Nc2ccn(-c3ccc(CN4CC[C@H](N)[C@H](CO)C4)cc3)c(=O)n2)CC1.Cl. The van der Waals surface area contributed by atoms with Crippen LogP contribution in [-0.4, -0.2) is 98.8 Å². The van der Waals surface area contributed by atoms with Crippen molar-refractivity contribution in [3.05, 3.63) is 52.6 Å². The Labute approximate surface area is 234 Å². The number of amides is 3. The number of halogens is 1. The highest BCUT2D eigenvalue weighted by Gasteiger charge is 2.31. The molecule has 0 radical (unpaired) electrons. The Morgan fingerprint density at radius 1 is 1.08 bits per heavy atom. The molecule has 2 aromatic rings. The van der Waals surface area contributed by atoms with Gasteiger partial charge in [0.2, 0.25) is 5.91 Å². The van der Waals surface area contributed by atoms with Crippen molar-refractivity contribution in [2.24, 2.45) is 17.4 Å². The van der Waals surface area contributed by atoms with Crippen LogP contribution in [0.15, 0.2) is 41.3 Å². The van der Waals surface area contributed by atoms with Crippen molar-refractivity contribution in [1.82, 2.24) is 24.3 Å². The van der Waals surface area contributed by atoms with E-state index in [1.165, 1.54) is 4.57 Å². The van der Waals surface area contributed by atoms with E-state index in [-0.39, 0.29) is 48.7 Å². The molecule has 4 rings (SSSR count). The van der Waals surface area contributed by atoms with Crippen molar-refractivity contribution in [3.8, 4) is 5.69 Å². The van der Waals surface area contributed by atoms with Crippen LogP contribution in [0.3, 0.4) is 0 Å². The van der Waals surface area contributed by atoms with Gasteiger partial charge in [-0.2, -0.15) is 4.98 Å². The number of piperazine rings is 1. The standard InChI is InChI=1S/C26H38N8O4.ClH/c1-26(2,28)23(36)32-11-13-33(14-12-32)24(37)29-22-8-10-34(25(38)30-22)20-5-3-18(4-6-20)15-31-9-7-21(27)19(16-31)17-35;/h3-6,8,10,19,21,35H,7,9,11-17,27-28H2,1-2H3,(H,29,30,37,38);1H/t19-,21-;/m0./s1. The molecule has 0 saturated carbocycles. The van der Waals surface area contributed by atoms with Crippen LogP contribution < -0.4 is 22.5 Å². The summed E-state index contributed by atoms with van der Waals surface area (Å²) in [7, 11) is 0. The number of nitrogens with one attached hydrogen (secondary N) is 1. The maximum absolute atomic E-state index is 12.7. The van der Waals surface area contributed by atoms with Crippen molar-refractivity contribution in [3.63, 3.8) is 0 Å². The summed E-state index contributed by atoms with van der Waals surface area (Å²) in [6, 6.07) is 8.90. The van der Waals surface area contributed by atoms with E-state index < -0.39 is 11.2 Å². The van der Waals surface area contributed by atoms with E-state index in [4.69, 9.17) is 11.5 Å². The van der Waals surface area contributed by atoms with E-state index in [1.54, 1.807) is 35.9 Å². The fourth-order valence-electron chi connectivity index (χ4n) is 4.86. The van der Waals surface area contributed by atoms with E-state index in [0.717, 1.165) is 31.6 Å². The Kier molecular flexibility index (Phi) is 10.1. The number of hydrogen-bond acceptors (Lipinski definition) is 8. The number of carbonyl (C=O) groups is 2. The third-order valence-corrected chi connectivity index (χ3v) is 7.18. The lowest BCUT2D eigenvalue weighted by Crippen LogP contribution is -2.58. The number of carbonyl (C=O) groups excluding carboxylic acids is 2. The van der Waals surface area contributed by atoms with Crippen molar-refractivity contribution in [2.75, 3.05) is 51.2 Å². The second-order valence-corrected chi connectivity index (χ2v) is 10.7. The number of aliphatic hydroxyl groups excluding tert-OH is 1. The molecule has 2 fully saturated rings. The molecule has 2 aliphatic rings. The van der Waals surface area contributed by atoms with Gasteiger partial charge in [-0.3, -0.25) is 19.6 Å². The summed E-state index contributed by atoms with van der Waals surface area (Å²) in [6.45, 7) is 7.32. The molecule has 39 heavy (non-hydrogen) atoms. The fourth-order valence-corrected chi connectivity index (χ4v) is 4.86. The number of anilines is 1. The number of nitrogens with two attached hydrogens (primary N) is 2. The predicted octanol–water partition coefficient (Wildman–Crippen LogP) is 0.209. The first kappa shape index (κ1) is 30.5. The lowest BCUT2D eigenvalue weighted by atomic mass is 9.93. The van der Waals surface area contributed by atoms with Gasteiger partial charge < -0.3 is 26.4 Å². The van der Waals surface area contributed by atoms with Crippen LogP contribution in [0.25, 0.3) is 5.69 Å². The molecule has 0 aliphatic carbocycles. The summed E-state index contributed by atoms with van der Waals surface area (Å²) in [4.78, 5) is 47.3. The monoisotopic (exact) mass is 562 g/mol. The molecule has 6 N–H and O–H groups in total. The average molecular weight is 563 g/mol. The number of likely N-dealkylation sites (tertiary alicyclic amines) is 1. The summed E-state index contributed by atoms with van der Waals surface area (Å²) < 4.78 is 1.42. The predicted molar refractivity (Wildman–Crippen MR) is 151 cm³/mol. The topological polar surface area (TPSA) is 163 Å². The number of rotatable bonds is 6. The summed E-state index contributed by atoms with van der Waals surface area (Å²) in [5.74, 6) is 0.0997. The minimum atomic E-state index is -0.954. The summed E-state index contributed by atoms with van der Waals surface area (Å²) in [5.41, 5.74) is 12.3. The first-order chi connectivity index (χ1) is 18.0. The molecule has 2 aliphatic heterocycles. The van der Waals surface area contributed by atoms with Gasteiger partial charge in [-0.25, -0.2) is 9.59 Å². The van der Waals surface area contributed by atoms with Crippen molar-refractivity contribution < 1.29 is 14.7 Å². The quantitative estimate of drug-likeness (QED) is 0.388. The molecule has 2 saturated heterocycles. The minimum absolute atomic E-state index is 0. The van der Waals surface area contributed by atoms with Gasteiger partial charge in [0, 0.05) is 64.0 Å². The minimum Gasteiger partial charge on any atom is -0.396 e. The molecule has 2 atom stereocenters. The second kappa shape index (κ2) is 12.9. The molecule has 0 spiro atoms. The van der Waals surface area contributed by atoms with Crippen molar-refractivity contribution >= 4 is 30.2 Å². The van der Waals surface area contributed by atoms with Gasteiger partial charge in [-0.1, -0.05) is 12.1 Å². The molecule has 12 nitrogen and oxygen atoms in total. The molecule has 0 bridgehead atoms. The van der Waals surface area contributed by atoms with E-state index in [0.29, 0.717) is 31.9 Å². The van der Waals surface area contributed by atoms with Crippen LogP contribution in [0, 0.1) is 5.92 Å². The van der Waals surface area contributed by atoms with Crippen LogP contribution >= 0.6 is 12.4 Å². The first-order valence-electron chi connectivity index (χ1n) is 13.0. The number of hydrogen-bond donors (Lipinski definition) is 4. The zero-order valence-electron chi connectivity index (χ0n) is 22.5. The lowest BCUT2D eigenvalue weighted by molar-refractivity contribution is -0.137. The summed E-state index contributed by atoms with van der Waals surface area (Å²) >= 11 is 0. The van der Waals surface area contributed by atoms with Gasteiger partial charge in [0.05, 0.1) is 11.2 Å². The molecular weight excluding hydrogens is 524 g/mol. The van der Waals surface area contributed by atoms with E-state index in [9.17, 15) is 19.5 Å². The molecule has 13 heteroatoms. The van der Waals surface area contributed by atoms with Crippen LogP contribution in [0.4, 0.5) is 10.6 Å². The van der Waals surface area contributed by atoms with Crippen LogP contribution in [-0.2, 0) is 11.3 Å². The van der Waals surface area contributed by atoms with E-state index in [2.05, 4.69) is 15.2 Å². The molecule has 3 amide bonds. The molecule has 214 valence electrons. The van der Waals surface area contributed by atoms with Gasteiger partial charge in [-0.15, -0.1) is 12.4 Å². The average Bonchev–Trinajstić information content (AvgIpc) is 2.89. The number of nitrogens with zero attached hydrogens (tertiary/aromatic N) is 5.